The Morgan fingerprint density at radius 3 is 2.25 bits per heavy atom. The second kappa shape index (κ2) is 10.8. The molecular formula is C23H32O6P2Se. The molecule has 0 N–H and O–H groups in total. The van der Waals surface area contributed by atoms with Gasteiger partial charge in [0.05, 0.1) is 0 Å². The number of aryl methyl sites for hydroxylation is 1. The average molecular weight is 545 g/mol. The molecule has 6 nitrogen and oxygen atoms in total. The Morgan fingerprint density at radius 1 is 1.09 bits per heavy atom. The fraction of sp³-hybridized carbons (Fsp3) is 0.478. The molecule has 1 aliphatic heterocycles. The average Bonchev–Trinajstić information content (AvgIpc) is 2.76. The molecule has 1 saturated heterocycles. The summed E-state index contributed by atoms with van der Waals surface area (Å²) in [6.07, 6.45) is -3.26. The summed E-state index contributed by atoms with van der Waals surface area (Å²) in [6.45, 7) is 10.6. The summed E-state index contributed by atoms with van der Waals surface area (Å²) in [5.74, 6) is -0.991. The fourth-order valence-corrected chi connectivity index (χ4v) is 9.48. The summed E-state index contributed by atoms with van der Waals surface area (Å²) in [6, 6.07) is 17.6. The van der Waals surface area contributed by atoms with E-state index < -0.39 is 19.6 Å². The summed E-state index contributed by atoms with van der Waals surface area (Å²) in [7, 11) is -3.67. The van der Waals surface area contributed by atoms with Gasteiger partial charge in [0.1, 0.15) is 0 Å². The van der Waals surface area contributed by atoms with Crippen LogP contribution in [-0.2, 0) is 27.2 Å². The van der Waals surface area contributed by atoms with Gasteiger partial charge in [-0.1, -0.05) is 0 Å². The van der Waals surface area contributed by atoms with Gasteiger partial charge in [-0.15, -0.1) is 0 Å². The van der Waals surface area contributed by atoms with E-state index in [9.17, 15) is 4.57 Å². The van der Waals surface area contributed by atoms with E-state index in [1.165, 1.54) is 0 Å². The Bertz CT molecular complexity index is 970. The van der Waals surface area contributed by atoms with Crippen molar-refractivity contribution in [2.45, 2.75) is 46.6 Å². The number of rotatable bonds is 9. The topological polar surface area (TPSA) is 63.2 Å². The Morgan fingerprint density at radius 2 is 1.69 bits per heavy atom. The second-order valence-electron chi connectivity index (χ2n) is 8.35. The van der Waals surface area contributed by atoms with Gasteiger partial charge in [0.2, 0.25) is 0 Å². The summed E-state index contributed by atoms with van der Waals surface area (Å²) >= 11 is 3.01. The molecule has 0 radical (unpaired) electrons. The van der Waals surface area contributed by atoms with Gasteiger partial charge in [0.15, 0.2) is 0 Å². The fourth-order valence-electron chi connectivity index (χ4n) is 3.51. The third kappa shape index (κ3) is 6.10. The first kappa shape index (κ1) is 26.0. The molecule has 2 aromatic carbocycles. The van der Waals surface area contributed by atoms with E-state index in [4.69, 9.17) is 22.6 Å². The van der Waals surface area contributed by atoms with Crippen molar-refractivity contribution < 1.29 is 27.2 Å². The molecule has 1 heterocycles. The first-order valence-corrected chi connectivity index (χ1v) is 16.1. The second-order valence-corrected chi connectivity index (χ2v) is 14.8. The van der Waals surface area contributed by atoms with E-state index in [0.717, 1.165) is 11.1 Å². The zero-order valence-electron chi connectivity index (χ0n) is 19.2. The van der Waals surface area contributed by atoms with E-state index >= 15 is 0 Å². The monoisotopic (exact) mass is 546 g/mol. The van der Waals surface area contributed by atoms with Gasteiger partial charge in [-0.2, -0.15) is 0 Å². The molecule has 0 aliphatic carbocycles. The number of hydrogen-bond donors (Lipinski definition) is 0. The third-order valence-corrected chi connectivity index (χ3v) is 10.6. The van der Waals surface area contributed by atoms with E-state index in [1.54, 1.807) is 13.8 Å². The molecule has 3 rings (SSSR count). The molecule has 0 aromatic heterocycles. The van der Waals surface area contributed by atoms with Crippen LogP contribution in [0.5, 0.6) is 0 Å². The van der Waals surface area contributed by atoms with Crippen molar-refractivity contribution in [2.75, 3.05) is 19.8 Å². The molecular weight excluding hydrogens is 513 g/mol. The quantitative estimate of drug-likeness (QED) is 0.251. The third-order valence-electron chi connectivity index (χ3n) is 5.14. The van der Waals surface area contributed by atoms with Crippen LogP contribution in [0.2, 0.25) is 0 Å². The molecule has 2 aromatic rings. The van der Waals surface area contributed by atoms with Gasteiger partial charge in [-0.25, -0.2) is 0 Å². The van der Waals surface area contributed by atoms with Crippen molar-refractivity contribution in [3.63, 3.8) is 0 Å². The molecule has 0 amide bonds. The molecule has 3 atom stereocenters. The van der Waals surface area contributed by atoms with Crippen LogP contribution >= 0.6 is 13.8 Å². The first-order valence-electron chi connectivity index (χ1n) is 10.7. The zero-order valence-corrected chi connectivity index (χ0v) is 22.7. The van der Waals surface area contributed by atoms with Crippen molar-refractivity contribution >= 4 is 28.9 Å². The van der Waals surface area contributed by atoms with E-state index in [1.807, 2.05) is 61.5 Å². The van der Waals surface area contributed by atoms with Crippen LogP contribution < -0.4 is 0 Å². The zero-order chi connectivity index (χ0) is 23.4. The van der Waals surface area contributed by atoms with Gasteiger partial charge >= 0.3 is 199 Å². The van der Waals surface area contributed by atoms with Crippen molar-refractivity contribution in [1.82, 2.24) is 0 Å². The normalized spacial score (nSPS) is 24.2. The van der Waals surface area contributed by atoms with E-state index in [2.05, 4.69) is 28.9 Å². The Balaban J connectivity index is 1.98. The molecule has 1 unspecified atom stereocenters. The van der Waals surface area contributed by atoms with Crippen molar-refractivity contribution in [3.8, 4) is 0 Å². The molecule has 176 valence electrons. The maximum atomic E-state index is 13.8. The standard InChI is InChI=1S/C23H32O6P2Se/c1-6-25-30(24,26-7-2)22(20-15-13-18(3)14-16-20)29-31(32)27-17-23(4,5)21(28-31)19-11-9-8-10-12-19/h8-16,21-22H,6-7,17H2,1-5H3/t21-,22?,31-/m0/s1. The Kier molecular flexibility index (Phi) is 8.77. The van der Waals surface area contributed by atoms with Gasteiger partial charge in [-0.3, -0.25) is 0 Å². The van der Waals surface area contributed by atoms with Crippen LogP contribution in [0, 0.1) is 12.3 Å². The maximum absolute atomic E-state index is 13.8. The van der Waals surface area contributed by atoms with Crippen molar-refractivity contribution in [3.05, 3.63) is 71.3 Å². The number of hydrogen-bond acceptors (Lipinski definition) is 6. The van der Waals surface area contributed by atoms with Gasteiger partial charge in [-0.05, 0) is 0 Å². The van der Waals surface area contributed by atoms with E-state index in [0.29, 0.717) is 12.2 Å². The Hall–Kier alpha value is -0.581. The van der Waals surface area contributed by atoms with Crippen LogP contribution in [0.4, 0.5) is 0 Å². The van der Waals surface area contributed by atoms with Crippen LogP contribution in [0.15, 0.2) is 54.6 Å². The summed E-state index contributed by atoms with van der Waals surface area (Å²) in [4.78, 5) is 0. The SMILES string of the molecule is CCOP(=O)(OCC)C(O[P@]1(=[Se])OCC(C)(C)[C@H](c2ccccc2)O1)c1ccc(C)cc1. The Labute approximate surface area is 198 Å². The molecule has 9 heteroatoms. The predicted octanol–water partition coefficient (Wildman–Crippen LogP) is 6.94. The van der Waals surface area contributed by atoms with Crippen LogP contribution in [0.3, 0.4) is 0 Å². The van der Waals surface area contributed by atoms with Gasteiger partial charge < -0.3 is 0 Å². The summed E-state index contributed by atoms with van der Waals surface area (Å²) < 4.78 is 44.2. The van der Waals surface area contributed by atoms with Crippen LogP contribution in [0.1, 0.15) is 56.3 Å². The van der Waals surface area contributed by atoms with Gasteiger partial charge in [0.25, 0.3) is 0 Å². The predicted molar refractivity (Wildman–Crippen MR) is 129 cm³/mol. The molecule has 0 bridgehead atoms. The minimum atomic E-state index is -3.67. The molecule has 1 aliphatic rings. The molecule has 0 spiro atoms. The molecule has 1 fully saturated rings. The first-order chi connectivity index (χ1) is 15.1. The molecule has 32 heavy (non-hydrogen) atoms. The number of benzene rings is 2. The van der Waals surface area contributed by atoms with Crippen LogP contribution in [-0.4, -0.2) is 34.9 Å². The minimum absolute atomic E-state index is 0.225. The summed E-state index contributed by atoms with van der Waals surface area (Å²) in [5.41, 5.74) is 2.53. The molecule has 0 saturated carbocycles. The van der Waals surface area contributed by atoms with Crippen molar-refractivity contribution in [1.29, 1.82) is 0 Å². The summed E-state index contributed by atoms with van der Waals surface area (Å²) in [5, 5.41) is 0. The van der Waals surface area contributed by atoms with E-state index in [-0.39, 0.29) is 24.7 Å². The van der Waals surface area contributed by atoms with Gasteiger partial charge in [0, 0.05) is 0 Å². The van der Waals surface area contributed by atoms with Crippen LogP contribution in [0.25, 0.3) is 0 Å². The van der Waals surface area contributed by atoms with Crippen molar-refractivity contribution in [2.24, 2.45) is 5.41 Å².